The summed E-state index contributed by atoms with van der Waals surface area (Å²) in [6.45, 7) is 3.66. The van der Waals surface area contributed by atoms with Crippen molar-refractivity contribution < 1.29 is 28.6 Å². The van der Waals surface area contributed by atoms with Crippen LogP contribution in [0, 0.1) is 0 Å². The number of esters is 2. The van der Waals surface area contributed by atoms with Gasteiger partial charge in [-0.25, -0.2) is 14.4 Å². The van der Waals surface area contributed by atoms with E-state index in [2.05, 4.69) is 11.9 Å². The first-order valence-corrected chi connectivity index (χ1v) is 11.1. The maximum absolute atomic E-state index is 12.7. The van der Waals surface area contributed by atoms with E-state index in [9.17, 15) is 14.4 Å². The molecule has 2 aromatic carbocycles. The van der Waals surface area contributed by atoms with Crippen molar-refractivity contribution in [3.8, 4) is 0 Å². The molecule has 2 aliphatic heterocycles. The Bertz CT molecular complexity index is 1130. The summed E-state index contributed by atoms with van der Waals surface area (Å²) in [5, 5.41) is 3.54. The highest BCUT2D eigenvalue weighted by atomic mass is 35.5. The molecule has 176 valence electrons. The van der Waals surface area contributed by atoms with E-state index in [0.717, 1.165) is 0 Å². The van der Waals surface area contributed by atoms with Gasteiger partial charge in [0.1, 0.15) is 25.0 Å². The molecule has 0 aliphatic carbocycles. The van der Waals surface area contributed by atoms with Gasteiger partial charge >= 0.3 is 18.0 Å². The van der Waals surface area contributed by atoms with Crippen LogP contribution in [0.5, 0.6) is 0 Å². The average molecular weight is 503 g/mol. The number of rotatable bonds is 6. The van der Waals surface area contributed by atoms with Gasteiger partial charge in [-0.3, -0.25) is 4.90 Å². The van der Waals surface area contributed by atoms with Gasteiger partial charge in [-0.2, -0.15) is 0 Å². The molecule has 1 N–H and O–H groups in total. The van der Waals surface area contributed by atoms with E-state index in [1.165, 1.54) is 35.4 Å². The maximum atomic E-state index is 12.7. The summed E-state index contributed by atoms with van der Waals surface area (Å²) >= 11 is 11.7. The van der Waals surface area contributed by atoms with E-state index < -0.39 is 36.4 Å². The smallest absolute Gasteiger partial charge is 0.338 e. The van der Waals surface area contributed by atoms with Crippen LogP contribution in [0.3, 0.4) is 0 Å². The largest absolute Gasteiger partial charge is 0.459 e. The first-order valence-electron chi connectivity index (χ1n) is 10.3. The van der Waals surface area contributed by atoms with Crippen LogP contribution in [-0.4, -0.2) is 47.9 Å². The molecule has 0 spiro atoms. The zero-order chi connectivity index (χ0) is 24.2. The van der Waals surface area contributed by atoms with Crippen LogP contribution in [-0.2, 0) is 14.2 Å². The number of urea groups is 1. The van der Waals surface area contributed by atoms with Crippen molar-refractivity contribution in [2.75, 3.05) is 6.61 Å². The Morgan fingerprint density at radius 1 is 1.03 bits per heavy atom. The second-order valence-electron chi connectivity index (χ2n) is 7.57. The molecule has 0 saturated carbocycles. The van der Waals surface area contributed by atoms with Crippen LogP contribution in [0.2, 0.25) is 10.0 Å². The lowest BCUT2D eigenvalue weighted by Gasteiger charge is -2.30. The molecule has 0 bridgehead atoms. The normalized spacial score (nSPS) is 21.8. The lowest BCUT2D eigenvalue weighted by molar-refractivity contribution is -0.0650. The fraction of sp³-hybridized carbons (Fsp3) is 0.208. The van der Waals surface area contributed by atoms with Crippen LogP contribution >= 0.6 is 23.2 Å². The number of halogens is 2. The van der Waals surface area contributed by atoms with Gasteiger partial charge in [0.15, 0.2) is 0 Å². The summed E-state index contributed by atoms with van der Waals surface area (Å²) in [5.41, 5.74) is 1.02. The second kappa shape index (κ2) is 10.3. The number of benzene rings is 2. The van der Waals surface area contributed by atoms with Crippen LogP contribution < -0.4 is 5.32 Å². The predicted molar refractivity (Wildman–Crippen MR) is 124 cm³/mol. The molecule has 0 aromatic heterocycles. The minimum Gasteiger partial charge on any atom is -0.459 e. The lowest BCUT2D eigenvalue weighted by Crippen LogP contribution is -2.45. The highest BCUT2D eigenvalue weighted by molar-refractivity contribution is 6.31. The Morgan fingerprint density at radius 3 is 2.21 bits per heavy atom. The van der Waals surface area contributed by atoms with Gasteiger partial charge in [0, 0.05) is 28.4 Å². The molecular weight excluding hydrogens is 483 g/mol. The van der Waals surface area contributed by atoms with Gasteiger partial charge in [0.25, 0.3) is 0 Å². The zero-order valence-electron chi connectivity index (χ0n) is 17.8. The minimum atomic E-state index is -0.816. The van der Waals surface area contributed by atoms with E-state index >= 15 is 0 Å². The number of carbonyl (C=O) groups excluding carboxylic acids is 3. The highest BCUT2D eigenvalue weighted by Gasteiger charge is 2.44. The molecule has 10 heteroatoms. The Hall–Kier alpha value is -3.33. The van der Waals surface area contributed by atoms with Crippen LogP contribution in [0.4, 0.5) is 4.79 Å². The fourth-order valence-electron chi connectivity index (χ4n) is 3.56. The van der Waals surface area contributed by atoms with E-state index in [0.29, 0.717) is 26.9 Å². The number of allylic oxidation sites excluding steroid dienone is 1. The molecule has 2 amide bonds. The van der Waals surface area contributed by atoms with Crippen LogP contribution in [0.25, 0.3) is 0 Å². The van der Waals surface area contributed by atoms with Gasteiger partial charge < -0.3 is 19.5 Å². The molecule has 34 heavy (non-hydrogen) atoms. The molecule has 0 radical (unpaired) electrons. The SMILES string of the molecule is C=C1C=CNC(=O)N1[C@@H]1C[C@@H](OC(=O)c2ccc(Cl)cc2)[C@@H](COC(=O)c2ccc(Cl)cc2)O1. The minimum absolute atomic E-state index is 0.156. The summed E-state index contributed by atoms with van der Waals surface area (Å²) in [6.07, 6.45) is 0.858. The van der Waals surface area contributed by atoms with E-state index in [1.807, 2.05) is 0 Å². The second-order valence-corrected chi connectivity index (χ2v) is 8.44. The molecule has 1 fully saturated rings. The van der Waals surface area contributed by atoms with Gasteiger partial charge in [0.05, 0.1) is 11.1 Å². The number of amides is 2. The Kier molecular flexibility index (Phi) is 7.21. The topological polar surface area (TPSA) is 94.2 Å². The van der Waals surface area contributed by atoms with Gasteiger partial charge in [-0.05, 0) is 54.6 Å². The third-order valence-corrected chi connectivity index (χ3v) is 5.78. The zero-order valence-corrected chi connectivity index (χ0v) is 19.3. The molecular formula is C24H20Cl2N2O6. The molecule has 2 aromatic rings. The average Bonchev–Trinajstić information content (AvgIpc) is 3.20. The number of nitrogens with zero attached hydrogens (tertiary/aromatic N) is 1. The van der Waals surface area contributed by atoms with Crippen molar-refractivity contribution in [2.24, 2.45) is 0 Å². The number of hydrogen-bond acceptors (Lipinski definition) is 6. The Labute approximate surface area is 205 Å². The molecule has 0 unspecified atom stereocenters. The Balaban J connectivity index is 1.48. The molecule has 4 rings (SSSR count). The first-order chi connectivity index (χ1) is 16.3. The number of ether oxygens (including phenoxy) is 3. The summed E-state index contributed by atoms with van der Waals surface area (Å²) < 4.78 is 17.1. The summed E-state index contributed by atoms with van der Waals surface area (Å²) in [5.74, 6) is -1.18. The van der Waals surface area contributed by atoms with Crippen molar-refractivity contribution in [3.05, 3.63) is 94.3 Å². The quantitative estimate of drug-likeness (QED) is 0.582. The monoisotopic (exact) mass is 502 g/mol. The molecule has 2 aliphatic rings. The first kappa shape index (κ1) is 23.8. The highest BCUT2D eigenvalue weighted by Crippen LogP contribution is 2.30. The van der Waals surface area contributed by atoms with Gasteiger partial charge in [0.2, 0.25) is 0 Å². The van der Waals surface area contributed by atoms with Crippen molar-refractivity contribution in [3.63, 3.8) is 0 Å². The van der Waals surface area contributed by atoms with Crippen molar-refractivity contribution >= 4 is 41.2 Å². The molecule has 8 nitrogen and oxygen atoms in total. The summed E-state index contributed by atoms with van der Waals surface area (Å²) in [7, 11) is 0. The van der Waals surface area contributed by atoms with E-state index in [4.69, 9.17) is 37.4 Å². The van der Waals surface area contributed by atoms with Crippen molar-refractivity contribution in [1.82, 2.24) is 10.2 Å². The maximum Gasteiger partial charge on any atom is 0.338 e. The van der Waals surface area contributed by atoms with E-state index in [-0.39, 0.29) is 13.0 Å². The number of nitrogens with one attached hydrogen (secondary N) is 1. The molecule has 3 atom stereocenters. The lowest BCUT2D eigenvalue weighted by atomic mass is 10.1. The fourth-order valence-corrected chi connectivity index (χ4v) is 3.81. The number of carbonyl (C=O) groups is 3. The van der Waals surface area contributed by atoms with Crippen molar-refractivity contribution in [2.45, 2.75) is 24.9 Å². The van der Waals surface area contributed by atoms with Crippen molar-refractivity contribution in [1.29, 1.82) is 0 Å². The van der Waals surface area contributed by atoms with Crippen LogP contribution in [0.15, 0.2) is 73.1 Å². The summed E-state index contributed by atoms with van der Waals surface area (Å²) in [6, 6.07) is 12.0. The number of hydrogen-bond donors (Lipinski definition) is 1. The third-order valence-electron chi connectivity index (χ3n) is 5.28. The van der Waals surface area contributed by atoms with Gasteiger partial charge in [-0.15, -0.1) is 0 Å². The standard InChI is InChI=1S/C24H20Cl2N2O6/c1-14-10-11-27-24(31)28(14)21-12-19(34-23(30)16-4-8-18(26)9-5-16)20(33-21)13-32-22(29)15-2-6-17(25)7-3-15/h2-11,19-21H,1,12-13H2,(H,27,31)/t19-,20-,21+/m1/s1. The third kappa shape index (κ3) is 5.41. The Morgan fingerprint density at radius 2 is 1.62 bits per heavy atom. The molecule has 1 saturated heterocycles. The van der Waals surface area contributed by atoms with Crippen LogP contribution in [0.1, 0.15) is 27.1 Å². The predicted octanol–water partition coefficient (Wildman–Crippen LogP) is 4.54. The van der Waals surface area contributed by atoms with Gasteiger partial charge in [-0.1, -0.05) is 29.8 Å². The summed E-state index contributed by atoms with van der Waals surface area (Å²) in [4.78, 5) is 38.8. The van der Waals surface area contributed by atoms with E-state index in [1.54, 1.807) is 30.3 Å². The molecule has 2 heterocycles.